The highest BCUT2D eigenvalue weighted by Crippen LogP contribution is 2.28. The third kappa shape index (κ3) is 2.44. The highest BCUT2D eigenvalue weighted by molar-refractivity contribution is 6.20. The molecular formula is C15H18ClNO2. The fourth-order valence-electron chi connectivity index (χ4n) is 2.80. The van der Waals surface area contributed by atoms with Crippen molar-refractivity contribution in [3.05, 3.63) is 29.3 Å². The Morgan fingerprint density at radius 1 is 1.47 bits per heavy atom. The molecule has 2 heterocycles. The van der Waals surface area contributed by atoms with Gasteiger partial charge in [-0.15, -0.1) is 11.6 Å². The highest BCUT2D eigenvalue weighted by atomic mass is 35.5. The summed E-state index contributed by atoms with van der Waals surface area (Å²) in [4.78, 5) is 14.4. The van der Waals surface area contributed by atoms with E-state index in [1.54, 1.807) is 0 Å². The molecule has 3 rings (SSSR count). The van der Waals surface area contributed by atoms with Crippen molar-refractivity contribution in [3.8, 4) is 5.75 Å². The van der Waals surface area contributed by atoms with Crippen LogP contribution in [0.2, 0.25) is 0 Å². The van der Waals surface area contributed by atoms with E-state index < -0.39 is 0 Å². The lowest BCUT2D eigenvalue weighted by Crippen LogP contribution is -2.43. The third-order valence-electron chi connectivity index (χ3n) is 4.02. The van der Waals surface area contributed by atoms with E-state index in [-0.39, 0.29) is 11.3 Å². The Labute approximate surface area is 118 Å². The molecule has 4 heteroatoms. The third-order valence-corrected chi connectivity index (χ3v) is 4.67. The van der Waals surface area contributed by atoms with Crippen LogP contribution < -0.4 is 4.74 Å². The van der Waals surface area contributed by atoms with Gasteiger partial charge in [-0.25, -0.2) is 0 Å². The maximum absolute atomic E-state index is 12.5. The number of likely N-dealkylation sites (tertiary alicyclic amines) is 1. The van der Waals surface area contributed by atoms with Gasteiger partial charge in [0.25, 0.3) is 5.91 Å². The standard InChI is InChI=1S/C15H18ClNO2/c1-10-9-17(6-4-13(10)16)15(18)12-2-3-14-11(8-12)5-7-19-14/h2-3,8,10,13H,4-7,9H2,1H3. The Balaban J connectivity index is 1.77. The van der Waals surface area contributed by atoms with Gasteiger partial charge in [0.15, 0.2) is 0 Å². The zero-order valence-electron chi connectivity index (χ0n) is 11.1. The van der Waals surface area contributed by atoms with Crippen LogP contribution >= 0.6 is 11.6 Å². The molecule has 2 aliphatic heterocycles. The van der Waals surface area contributed by atoms with Crippen LogP contribution in [0.3, 0.4) is 0 Å². The lowest BCUT2D eigenvalue weighted by molar-refractivity contribution is 0.0687. The van der Waals surface area contributed by atoms with Crippen LogP contribution in [0.4, 0.5) is 0 Å². The monoisotopic (exact) mass is 279 g/mol. The minimum Gasteiger partial charge on any atom is -0.493 e. The molecule has 2 atom stereocenters. The van der Waals surface area contributed by atoms with E-state index in [9.17, 15) is 4.79 Å². The van der Waals surface area contributed by atoms with Crippen LogP contribution in [0.25, 0.3) is 0 Å². The highest BCUT2D eigenvalue weighted by Gasteiger charge is 2.28. The molecule has 0 spiro atoms. The summed E-state index contributed by atoms with van der Waals surface area (Å²) in [7, 11) is 0. The van der Waals surface area contributed by atoms with Crippen LogP contribution in [-0.4, -0.2) is 35.9 Å². The summed E-state index contributed by atoms with van der Waals surface area (Å²) >= 11 is 6.21. The number of hydrogen-bond donors (Lipinski definition) is 0. The molecule has 1 aromatic carbocycles. The van der Waals surface area contributed by atoms with Crippen molar-refractivity contribution in [2.45, 2.75) is 25.1 Å². The van der Waals surface area contributed by atoms with Crippen LogP contribution in [0.5, 0.6) is 5.75 Å². The lowest BCUT2D eigenvalue weighted by atomic mass is 9.98. The second-order valence-corrected chi connectivity index (χ2v) is 6.01. The number of amides is 1. The maximum atomic E-state index is 12.5. The fraction of sp³-hybridized carbons (Fsp3) is 0.533. The number of carbonyl (C=O) groups excluding carboxylic acids is 1. The summed E-state index contributed by atoms with van der Waals surface area (Å²) in [6.45, 7) is 4.33. The van der Waals surface area contributed by atoms with E-state index in [0.29, 0.717) is 5.92 Å². The average molecular weight is 280 g/mol. The number of piperidine rings is 1. The van der Waals surface area contributed by atoms with Crippen molar-refractivity contribution in [2.24, 2.45) is 5.92 Å². The zero-order valence-corrected chi connectivity index (χ0v) is 11.8. The largest absolute Gasteiger partial charge is 0.493 e. The molecule has 19 heavy (non-hydrogen) atoms. The molecule has 3 nitrogen and oxygen atoms in total. The van der Waals surface area contributed by atoms with E-state index >= 15 is 0 Å². The molecule has 0 radical (unpaired) electrons. The minimum atomic E-state index is 0.116. The average Bonchev–Trinajstić information content (AvgIpc) is 2.88. The summed E-state index contributed by atoms with van der Waals surface area (Å²) in [5, 5.41) is 0.192. The predicted octanol–water partition coefficient (Wildman–Crippen LogP) is 2.71. The summed E-state index contributed by atoms with van der Waals surface area (Å²) in [6.07, 6.45) is 1.78. The molecule has 1 amide bonds. The fourth-order valence-corrected chi connectivity index (χ4v) is 2.98. The second-order valence-electron chi connectivity index (χ2n) is 5.45. The number of hydrogen-bond acceptors (Lipinski definition) is 2. The first-order valence-corrected chi connectivity index (χ1v) is 7.28. The van der Waals surface area contributed by atoms with Crippen molar-refractivity contribution < 1.29 is 9.53 Å². The Morgan fingerprint density at radius 2 is 2.32 bits per heavy atom. The summed E-state index contributed by atoms with van der Waals surface area (Å²) in [5.74, 6) is 1.40. The Kier molecular flexibility index (Phi) is 3.40. The zero-order chi connectivity index (χ0) is 13.4. The van der Waals surface area contributed by atoms with Gasteiger partial charge in [-0.1, -0.05) is 6.92 Å². The first-order chi connectivity index (χ1) is 9.15. The molecule has 0 N–H and O–H groups in total. The lowest BCUT2D eigenvalue weighted by Gasteiger charge is -2.34. The Hall–Kier alpha value is -1.22. The van der Waals surface area contributed by atoms with Crippen molar-refractivity contribution in [2.75, 3.05) is 19.7 Å². The quantitative estimate of drug-likeness (QED) is 0.740. The number of fused-ring (bicyclic) bond motifs is 1. The van der Waals surface area contributed by atoms with Crippen LogP contribution in [-0.2, 0) is 6.42 Å². The smallest absolute Gasteiger partial charge is 0.253 e. The number of halogens is 1. The SMILES string of the molecule is CC1CN(C(=O)c2ccc3c(c2)CCO3)CCC1Cl. The Morgan fingerprint density at radius 3 is 3.11 bits per heavy atom. The molecule has 1 saturated heterocycles. The number of nitrogens with zero attached hydrogens (tertiary/aromatic N) is 1. The summed E-state index contributed by atoms with van der Waals surface area (Å²) in [5.41, 5.74) is 1.91. The van der Waals surface area contributed by atoms with Crippen molar-refractivity contribution in [3.63, 3.8) is 0 Å². The molecular weight excluding hydrogens is 262 g/mol. The normalized spacial score (nSPS) is 25.9. The number of carbonyl (C=O) groups is 1. The number of rotatable bonds is 1. The topological polar surface area (TPSA) is 29.5 Å². The molecule has 102 valence electrons. The molecule has 0 aromatic heterocycles. The van der Waals surface area contributed by atoms with Crippen LogP contribution in [0.15, 0.2) is 18.2 Å². The van der Waals surface area contributed by atoms with Gasteiger partial charge in [0.2, 0.25) is 0 Å². The molecule has 1 fully saturated rings. The van der Waals surface area contributed by atoms with Crippen molar-refractivity contribution >= 4 is 17.5 Å². The van der Waals surface area contributed by atoms with E-state index in [1.165, 1.54) is 0 Å². The molecule has 0 saturated carbocycles. The van der Waals surface area contributed by atoms with Gasteiger partial charge < -0.3 is 9.64 Å². The van der Waals surface area contributed by atoms with Crippen molar-refractivity contribution in [1.29, 1.82) is 0 Å². The molecule has 1 aromatic rings. The van der Waals surface area contributed by atoms with Gasteiger partial charge in [-0.3, -0.25) is 4.79 Å². The number of ether oxygens (including phenoxy) is 1. The van der Waals surface area contributed by atoms with Gasteiger partial charge in [0.1, 0.15) is 5.75 Å². The summed E-state index contributed by atoms with van der Waals surface area (Å²) in [6, 6.07) is 5.75. The second kappa shape index (κ2) is 5.04. The number of benzene rings is 1. The van der Waals surface area contributed by atoms with Gasteiger partial charge in [0, 0.05) is 30.5 Å². The summed E-state index contributed by atoms with van der Waals surface area (Å²) < 4.78 is 5.47. The van der Waals surface area contributed by atoms with Crippen LogP contribution in [0, 0.1) is 5.92 Å². The first kappa shape index (κ1) is 12.8. The van der Waals surface area contributed by atoms with Crippen molar-refractivity contribution in [1.82, 2.24) is 4.90 Å². The van der Waals surface area contributed by atoms with E-state index in [1.807, 2.05) is 23.1 Å². The molecule has 0 bridgehead atoms. The van der Waals surface area contributed by atoms with E-state index in [0.717, 1.165) is 49.4 Å². The molecule has 0 aliphatic carbocycles. The van der Waals surface area contributed by atoms with Gasteiger partial charge >= 0.3 is 0 Å². The van der Waals surface area contributed by atoms with Gasteiger partial charge in [-0.2, -0.15) is 0 Å². The minimum absolute atomic E-state index is 0.116. The maximum Gasteiger partial charge on any atom is 0.253 e. The van der Waals surface area contributed by atoms with E-state index in [4.69, 9.17) is 16.3 Å². The Bertz CT molecular complexity index is 503. The first-order valence-electron chi connectivity index (χ1n) is 6.84. The van der Waals surface area contributed by atoms with E-state index in [2.05, 4.69) is 6.92 Å². The molecule has 2 unspecified atom stereocenters. The van der Waals surface area contributed by atoms with Gasteiger partial charge in [0.05, 0.1) is 6.61 Å². The number of alkyl halides is 1. The van der Waals surface area contributed by atoms with Gasteiger partial charge in [-0.05, 0) is 36.1 Å². The predicted molar refractivity (Wildman–Crippen MR) is 75.0 cm³/mol. The van der Waals surface area contributed by atoms with Crippen LogP contribution in [0.1, 0.15) is 29.3 Å². The molecule has 2 aliphatic rings.